The van der Waals surface area contributed by atoms with E-state index in [1.54, 1.807) is 11.3 Å². The maximum absolute atomic E-state index is 5.56. The van der Waals surface area contributed by atoms with Gasteiger partial charge in [-0.05, 0) is 74.7 Å². The van der Waals surface area contributed by atoms with Crippen molar-refractivity contribution in [3.8, 4) is 0 Å². The highest BCUT2D eigenvalue weighted by atomic mass is 127. The van der Waals surface area contributed by atoms with E-state index in [1.165, 1.54) is 8.45 Å². The Labute approximate surface area is 114 Å². The van der Waals surface area contributed by atoms with Crippen molar-refractivity contribution in [3.05, 3.63) is 42.5 Å². The molecule has 0 saturated carbocycles. The number of halogens is 2. The first-order chi connectivity index (χ1) is 7.20. The van der Waals surface area contributed by atoms with Crippen LogP contribution in [-0.4, -0.2) is 7.05 Å². The van der Waals surface area contributed by atoms with E-state index >= 15 is 0 Å². The highest BCUT2D eigenvalue weighted by Crippen LogP contribution is 2.29. The van der Waals surface area contributed by atoms with E-state index in [4.69, 9.17) is 4.42 Å². The zero-order valence-electron chi connectivity index (χ0n) is 7.96. The quantitative estimate of drug-likeness (QED) is 0.791. The van der Waals surface area contributed by atoms with E-state index in [0.29, 0.717) is 0 Å². The molecule has 0 fully saturated rings. The number of hydrogen-bond acceptors (Lipinski definition) is 3. The van der Waals surface area contributed by atoms with Crippen molar-refractivity contribution in [2.24, 2.45) is 0 Å². The largest absolute Gasteiger partial charge is 0.452 e. The van der Waals surface area contributed by atoms with Gasteiger partial charge in [-0.2, -0.15) is 0 Å². The molecule has 2 aromatic heterocycles. The van der Waals surface area contributed by atoms with Crippen molar-refractivity contribution < 1.29 is 4.42 Å². The third-order valence-electron chi connectivity index (χ3n) is 2.09. The lowest BCUT2D eigenvalue weighted by molar-refractivity contribution is 0.447. The first kappa shape index (κ1) is 11.6. The molecular formula is C10H9BrINOS. The smallest absolute Gasteiger partial charge is 0.169 e. The molecule has 0 aliphatic rings. The Morgan fingerprint density at radius 2 is 2.33 bits per heavy atom. The molecule has 2 heterocycles. The fourth-order valence-electron chi connectivity index (χ4n) is 1.43. The predicted octanol–water partition coefficient (Wildman–Crippen LogP) is 4.02. The van der Waals surface area contributed by atoms with Crippen LogP contribution in [-0.2, 0) is 0 Å². The second kappa shape index (κ2) is 4.99. The van der Waals surface area contributed by atoms with Gasteiger partial charge in [-0.1, -0.05) is 0 Å². The summed E-state index contributed by atoms with van der Waals surface area (Å²) in [6.07, 6.45) is 0. The van der Waals surface area contributed by atoms with Crippen LogP contribution in [0.15, 0.2) is 32.7 Å². The molecule has 1 atom stereocenters. The fourth-order valence-corrected chi connectivity index (χ4v) is 3.15. The summed E-state index contributed by atoms with van der Waals surface area (Å²) in [5.74, 6) is 0.929. The van der Waals surface area contributed by atoms with Crippen LogP contribution in [0.1, 0.15) is 17.4 Å². The summed E-state index contributed by atoms with van der Waals surface area (Å²) < 4.78 is 7.61. The van der Waals surface area contributed by atoms with Crippen LogP contribution < -0.4 is 5.32 Å². The molecule has 0 radical (unpaired) electrons. The molecule has 5 heteroatoms. The zero-order chi connectivity index (χ0) is 10.8. The monoisotopic (exact) mass is 397 g/mol. The van der Waals surface area contributed by atoms with E-state index in [1.807, 2.05) is 19.2 Å². The SMILES string of the molecule is CNC(c1csc(I)c1)c1ccc(Br)o1. The zero-order valence-corrected chi connectivity index (χ0v) is 12.5. The van der Waals surface area contributed by atoms with Gasteiger partial charge in [0.2, 0.25) is 0 Å². The lowest BCUT2D eigenvalue weighted by atomic mass is 10.1. The van der Waals surface area contributed by atoms with Gasteiger partial charge in [0.15, 0.2) is 4.67 Å². The predicted molar refractivity (Wildman–Crippen MR) is 74.3 cm³/mol. The number of nitrogens with one attached hydrogen (secondary N) is 1. The summed E-state index contributed by atoms with van der Waals surface area (Å²) >= 11 is 7.38. The van der Waals surface area contributed by atoms with Crippen LogP contribution in [0.25, 0.3) is 0 Å². The van der Waals surface area contributed by atoms with Crippen LogP contribution >= 0.6 is 49.9 Å². The molecule has 2 nitrogen and oxygen atoms in total. The van der Waals surface area contributed by atoms with E-state index in [2.05, 4.69) is 55.3 Å². The molecule has 2 rings (SSSR count). The van der Waals surface area contributed by atoms with Crippen molar-refractivity contribution in [2.45, 2.75) is 6.04 Å². The Bertz CT molecular complexity index is 413. The molecule has 0 aromatic carbocycles. The van der Waals surface area contributed by atoms with Crippen LogP contribution in [0.3, 0.4) is 0 Å². The first-order valence-corrected chi connectivity index (χ1v) is 7.12. The van der Waals surface area contributed by atoms with Gasteiger partial charge in [-0.15, -0.1) is 11.3 Å². The normalized spacial score (nSPS) is 13.0. The molecule has 1 N–H and O–H groups in total. The second-order valence-electron chi connectivity index (χ2n) is 3.05. The van der Waals surface area contributed by atoms with Crippen LogP contribution in [0.4, 0.5) is 0 Å². The molecule has 15 heavy (non-hydrogen) atoms. The maximum atomic E-state index is 5.56. The van der Waals surface area contributed by atoms with Crippen molar-refractivity contribution >= 4 is 49.9 Å². The van der Waals surface area contributed by atoms with Crippen LogP contribution in [0, 0.1) is 2.88 Å². The Morgan fingerprint density at radius 1 is 1.53 bits per heavy atom. The van der Waals surface area contributed by atoms with Gasteiger partial charge < -0.3 is 9.73 Å². The highest BCUT2D eigenvalue weighted by molar-refractivity contribution is 14.1. The standard InChI is InChI=1S/C10H9BrINOS/c1-13-10(6-4-9(12)15-5-6)7-2-3-8(11)14-7/h2-5,10,13H,1H3. The minimum Gasteiger partial charge on any atom is -0.452 e. The lowest BCUT2D eigenvalue weighted by Gasteiger charge is -2.11. The van der Waals surface area contributed by atoms with Gasteiger partial charge in [0.25, 0.3) is 0 Å². The molecule has 0 spiro atoms. The Kier molecular flexibility index (Phi) is 3.87. The molecule has 0 aliphatic heterocycles. The second-order valence-corrected chi connectivity index (χ2v) is 6.63. The van der Waals surface area contributed by atoms with Crippen LogP contribution in [0.2, 0.25) is 0 Å². The summed E-state index contributed by atoms with van der Waals surface area (Å²) in [4.78, 5) is 0. The summed E-state index contributed by atoms with van der Waals surface area (Å²) in [6, 6.07) is 6.20. The molecule has 0 aliphatic carbocycles. The highest BCUT2D eigenvalue weighted by Gasteiger charge is 2.16. The van der Waals surface area contributed by atoms with Gasteiger partial charge in [0.1, 0.15) is 5.76 Å². The molecule has 2 aromatic rings. The Balaban J connectivity index is 2.32. The minimum absolute atomic E-state index is 0.135. The minimum atomic E-state index is 0.135. The van der Waals surface area contributed by atoms with Gasteiger partial charge in [-0.3, -0.25) is 0 Å². The molecule has 0 amide bonds. The third-order valence-corrected chi connectivity index (χ3v) is 4.32. The van der Waals surface area contributed by atoms with Crippen LogP contribution in [0.5, 0.6) is 0 Å². The first-order valence-electron chi connectivity index (χ1n) is 4.37. The summed E-state index contributed by atoms with van der Waals surface area (Å²) in [6.45, 7) is 0. The van der Waals surface area contributed by atoms with Crippen molar-refractivity contribution in [1.82, 2.24) is 5.32 Å². The topological polar surface area (TPSA) is 25.2 Å². The van der Waals surface area contributed by atoms with Gasteiger partial charge in [0.05, 0.1) is 8.93 Å². The van der Waals surface area contributed by atoms with Gasteiger partial charge >= 0.3 is 0 Å². The number of furan rings is 1. The van der Waals surface area contributed by atoms with Gasteiger partial charge in [0, 0.05) is 0 Å². The molecule has 1 unspecified atom stereocenters. The Morgan fingerprint density at radius 3 is 2.80 bits per heavy atom. The van der Waals surface area contributed by atoms with E-state index in [9.17, 15) is 0 Å². The maximum Gasteiger partial charge on any atom is 0.169 e. The average molecular weight is 398 g/mol. The lowest BCUT2D eigenvalue weighted by Crippen LogP contribution is -2.16. The molecule has 0 bridgehead atoms. The molecule has 0 saturated heterocycles. The van der Waals surface area contributed by atoms with E-state index < -0.39 is 0 Å². The molecule has 80 valence electrons. The fraction of sp³-hybridized carbons (Fsp3) is 0.200. The van der Waals surface area contributed by atoms with E-state index in [-0.39, 0.29) is 6.04 Å². The summed E-state index contributed by atoms with van der Waals surface area (Å²) in [7, 11) is 1.94. The molecular weight excluding hydrogens is 389 g/mol. The number of hydrogen-bond donors (Lipinski definition) is 1. The summed E-state index contributed by atoms with van der Waals surface area (Å²) in [5.41, 5.74) is 1.24. The van der Waals surface area contributed by atoms with Crippen molar-refractivity contribution in [3.63, 3.8) is 0 Å². The number of rotatable bonds is 3. The van der Waals surface area contributed by atoms with E-state index in [0.717, 1.165) is 10.4 Å². The van der Waals surface area contributed by atoms with Gasteiger partial charge in [-0.25, -0.2) is 0 Å². The summed E-state index contributed by atoms with van der Waals surface area (Å²) in [5, 5.41) is 5.40. The number of thiophene rings is 1. The van der Waals surface area contributed by atoms with Crippen molar-refractivity contribution in [1.29, 1.82) is 0 Å². The third kappa shape index (κ3) is 2.64. The Hall–Kier alpha value is 0.150. The van der Waals surface area contributed by atoms with Crippen molar-refractivity contribution in [2.75, 3.05) is 7.05 Å². The average Bonchev–Trinajstić information content (AvgIpc) is 2.78.